The zero-order chi connectivity index (χ0) is 20.9. The third-order valence-electron chi connectivity index (χ3n) is 4.92. The molecule has 0 radical (unpaired) electrons. The van der Waals surface area contributed by atoms with Crippen molar-refractivity contribution in [2.24, 2.45) is 5.41 Å². The molecule has 0 aliphatic carbocycles. The summed E-state index contributed by atoms with van der Waals surface area (Å²) in [5.74, 6) is -0.207. The molecular weight excluding hydrogens is 369 g/mol. The van der Waals surface area contributed by atoms with Crippen LogP contribution >= 0.6 is 0 Å². The van der Waals surface area contributed by atoms with Crippen molar-refractivity contribution in [1.82, 2.24) is 15.2 Å². The lowest BCUT2D eigenvalue weighted by Gasteiger charge is -2.39. The second-order valence-corrected chi connectivity index (χ2v) is 8.46. The van der Waals surface area contributed by atoms with Gasteiger partial charge in [-0.05, 0) is 37.3 Å². The molecule has 1 atom stereocenters. The van der Waals surface area contributed by atoms with E-state index in [0.29, 0.717) is 23.3 Å². The number of aromatic nitrogens is 3. The monoisotopic (exact) mass is 392 g/mol. The Bertz CT molecular complexity index is 939. The molecule has 2 aromatic rings. The number of fused-ring (bicyclic) bond motifs is 1. The minimum atomic E-state index is -4.64. The van der Waals surface area contributed by atoms with Gasteiger partial charge in [0.1, 0.15) is 5.69 Å². The Morgan fingerprint density at radius 2 is 1.93 bits per heavy atom. The summed E-state index contributed by atoms with van der Waals surface area (Å²) in [6.45, 7) is 9.02. The van der Waals surface area contributed by atoms with Gasteiger partial charge >= 0.3 is 6.18 Å². The molecule has 0 spiro atoms. The van der Waals surface area contributed by atoms with Crippen molar-refractivity contribution in [2.45, 2.75) is 52.6 Å². The van der Waals surface area contributed by atoms with Gasteiger partial charge in [0.2, 0.25) is 0 Å². The van der Waals surface area contributed by atoms with Gasteiger partial charge in [-0.3, -0.25) is 14.9 Å². The molecule has 1 aliphatic rings. The third-order valence-corrected chi connectivity index (χ3v) is 4.92. The molecule has 2 aromatic heterocycles. The quantitative estimate of drug-likeness (QED) is 0.785. The van der Waals surface area contributed by atoms with Gasteiger partial charge in [-0.2, -0.15) is 18.3 Å². The van der Waals surface area contributed by atoms with Gasteiger partial charge in [0.05, 0.1) is 5.41 Å². The van der Waals surface area contributed by atoms with Crippen molar-refractivity contribution >= 4 is 11.6 Å². The highest BCUT2D eigenvalue weighted by atomic mass is 19.4. The van der Waals surface area contributed by atoms with Gasteiger partial charge in [-0.15, -0.1) is 0 Å². The summed E-state index contributed by atoms with van der Waals surface area (Å²) in [4.78, 5) is 16.8. The maximum Gasteiger partial charge on any atom is 0.433 e. The van der Waals surface area contributed by atoms with E-state index in [1.807, 2.05) is 20.8 Å². The first-order valence-corrected chi connectivity index (χ1v) is 8.94. The minimum Gasteiger partial charge on any atom is -0.342 e. The van der Waals surface area contributed by atoms with E-state index >= 15 is 0 Å². The SMILES string of the molecule is CC(=O)C1=C(CC(C)(C)C)Nc2n[nH]c(C(F)(F)F)c2C1(C)c1cccnc1. The standard InChI is InChI=1S/C20H23F3N4O/c1-11(28)14-13(9-18(2,3)4)25-17-15(16(26-27-17)20(21,22)23)19(14,5)12-7-6-8-24-10-12/h6-8,10H,9H2,1-5H3,(H2,25,26,27). The van der Waals surface area contributed by atoms with Crippen molar-refractivity contribution in [3.63, 3.8) is 0 Å². The number of H-pyrrole nitrogens is 1. The van der Waals surface area contributed by atoms with Crippen molar-refractivity contribution in [3.8, 4) is 0 Å². The Balaban J connectivity index is 2.39. The highest BCUT2D eigenvalue weighted by Gasteiger charge is 2.50. The number of nitrogens with one attached hydrogen (secondary N) is 2. The first-order chi connectivity index (χ1) is 12.9. The fourth-order valence-corrected chi connectivity index (χ4v) is 3.93. The van der Waals surface area contributed by atoms with Gasteiger partial charge in [0, 0.05) is 29.2 Å². The van der Waals surface area contributed by atoms with Crippen LogP contribution in [0.1, 0.15) is 57.9 Å². The highest BCUT2D eigenvalue weighted by Crippen LogP contribution is 2.51. The Morgan fingerprint density at radius 3 is 2.43 bits per heavy atom. The number of ketones is 1. The molecule has 0 saturated carbocycles. The topological polar surface area (TPSA) is 70.7 Å². The molecule has 1 unspecified atom stereocenters. The van der Waals surface area contributed by atoms with Crippen molar-refractivity contribution in [1.29, 1.82) is 0 Å². The smallest absolute Gasteiger partial charge is 0.342 e. The Labute approximate surface area is 161 Å². The van der Waals surface area contributed by atoms with Crippen molar-refractivity contribution < 1.29 is 18.0 Å². The number of pyridine rings is 1. The van der Waals surface area contributed by atoms with Crippen LogP contribution in [0.2, 0.25) is 0 Å². The number of Topliss-reactive ketones (excluding diaryl/α,β-unsaturated/α-hetero) is 1. The lowest BCUT2D eigenvalue weighted by molar-refractivity contribution is -0.142. The number of hydrogen-bond donors (Lipinski definition) is 2. The lowest BCUT2D eigenvalue weighted by atomic mass is 9.66. The average molecular weight is 392 g/mol. The zero-order valence-corrected chi connectivity index (χ0v) is 16.5. The molecule has 3 heterocycles. The van der Waals surface area contributed by atoms with Gasteiger partial charge in [-0.25, -0.2) is 0 Å². The maximum atomic E-state index is 13.7. The number of rotatable bonds is 3. The zero-order valence-electron chi connectivity index (χ0n) is 16.5. The number of allylic oxidation sites excluding steroid dienone is 2. The van der Waals surface area contributed by atoms with Crippen LogP contribution in [0.4, 0.5) is 19.0 Å². The molecule has 8 heteroatoms. The summed E-state index contributed by atoms with van der Waals surface area (Å²) in [7, 11) is 0. The van der Waals surface area contributed by atoms with Crippen LogP contribution in [-0.4, -0.2) is 21.0 Å². The van der Waals surface area contributed by atoms with Gasteiger partial charge in [0.25, 0.3) is 0 Å². The number of nitrogens with zero attached hydrogens (tertiary/aromatic N) is 2. The second-order valence-electron chi connectivity index (χ2n) is 8.46. The number of aromatic amines is 1. The first kappa shape index (κ1) is 20.1. The summed E-state index contributed by atoms with van der Waals surface area (Å²) < 4.78 is 41.2. The van der Waals surface area contributed by atoms with Gasteiger partial charge < -0.3 is 5.32 Å². The van der Waals surface area contributed by atoms with E-state index in [0.717, 1.165) is 0 Å². The average Bonchev–Trinajstić information content (AvgIpc) is 2.98. The number of halogens is 3. The molecule has 150 valence electrons. The first-order valence-electron chi connectivity index (χ1n) is 8.94. The summed E-state index contributed by atoms with van der Waals surface area (Å²) in [5.41, 5.74) is -1.21. The van der Waals surface area contributed by atoms with Gasteiger partial charge in [-0.1, -0.05) is 26.8 Å². The van der Waals surface area contributed by atoms with Crippen molar-refractivity contribution in [2.75, 3.05) is 5.32 Å². The van der Waals surface area contributed by atoms with Crippen LogP contribution in [-0.2, 0) is 16.4 Å². The van der Waals surface area contributed by atoms with Crippen LogP contribution in [0.15, 0.2) is 35.8 Å². The predicted octanol–water partition coefficient (Wildman–Crippen LogP) is 4.83. The number of alkyl halides is 3. The third kappa shape index (κ3) is 3.31. The Kier molecular flexibility index (Phi) is 4.64. The maximum absolute atomic E-state index is 13.7. The molecule has 2 N–H and O–H groups in total. The molecule has 3 rings (SSSR count). The van der Waals surface area contributed by atoms with Crippen LogP contribution in [0.25, 0.3) is 0 Å². The van der Waals surface area contributed by atoms with E-state index in [4.69, 9.17) is 0 Å². The molecule has 0 aromatic carbocycles. The Hall–Kier alpha value is -2.64. The van der Waals surface area contributed by atoms with E-state index in [-0.39, 0.29) is 22.6 Å². The fraction of sp³-hybridized carbons (Fsp3) is 0.450. The van der Waals surface area contributed by atoms with Crippen LogP contribution in [0.5, 0.6) is 0 Å². The van der Waals surface area contributed by atoms with Crippen molar-refractivity contribution in [3.05, 3.63) is 52.6 Å². The van der Waals surface area contributed by atoms with E-state index in [2.05, 4.69) is 20.5 Å². The minimum absolute atomic E-state index is 0.0860. The Morgan fingerprint density at radius 1 is 1.25 bits per heavy atom. The van der Waals surface area contributed by atoms with E-state index in [1.165, 1.54) is 13.1 Å². The summed E-state index contributed by atoms with van der Waals surface area (Å²) in [6, 6.07) is 3.34. The number of carbonyl (C=O) groups is 1. The molecule has 0 saturated heterocycles. The second kappa shape index (κ2) is 6.46. The van der Waals surface area contributed by atoms with E-state index < -0.39 is 17.3 Å². The summed E-state index contributed by atoms with van der Waals surface area (Å²) in [6.07, 6.45) is -1.12. The number of carbonyl (C=O) groups excluding carboxylic acids is 1. The predicted molar refractivity (Wildman–Crippen MR) is 99.7 cm³/mol. The summed E-state index contributed by atoms with van der Waals surface area (Å²) >= 11 is 0. The molecule has 0 bridgehead atoms. The number of hydrogen-bond acceptors (Lipinski definition) is 4. The highest BCUT2D eigenvalue weighted by molar-refractivity contribution is 6.00. The van der Waals surface area contributed by atoms with Crippen LogP contribution in [0, 0.1) is 5.41 Å². The normalized spacial score (nSPS) is 20.0. The largest absolute Gasteiger partial charge is 0.433 e. The molecule has 5 nitrogen and oxygen atoms in total. The van der Waals surface area contributed by atoms with Gasteiger partial charge in [0.15, 0.2) is 11.6 Å². The molecular formula is C20H23F3N4O. The lowest BCUT2D eigenvalue weighted by Crippen LogP contribution is -2.38. The fourth-order valence-electron chi connectivity index (χ4n) is 3.93. The van der Waals surface area contributed by atoms with E-state index in [1.54, 1.807) is 25.3 Å². The summed E-state index contributed by atoms with van der Waals surface area (Å²) in [5, 5.41) is 9.02. The molecule has 1 aliphatic heterocycles. The molecule has 0 amide bonds. The van der Waals surface area contributed by atoms with Crippen LogP contribution < -0.4 is 5.32 Å². The number of anilines is 1. The molecule has 0 fully saturated rings. The van der Waals surface area contributed by atoms with Crippen LogP contribution in [0.3, 0.4) is 0 Å². The van der Waals surface area contributed by atoms with E-state index in [9.17, 15) is 18.0 Å². The molecule has 28 heavy (non-hydrogen) atoms.